The van der Waals surface area contributed by atoms with E-state index in [1.807, 2.05) is 0 Å². The number of benzene rings is 2. The maximum Gasteiger partial charge on any atom is 0.229 e. The van der Waals surface area contributed by atoms with Crippen LogP contribution in [0.2, 0.25) is 0 Å². The highest BCUT2D eigenvalue weighted by atomic mass is 16.7. The Labute approximate surface area is 183 Å². The van der Waals surface area contributed by atoms with Crippen molar-refractivity contribution in [3.8, 4) is 17.2 Å². The van der Waals surface area contributed by atoms with Gasteiger partial charge in [-0.05, 0) is 29.8 Å². The van der Waals surface area contributed by atoms with E-state index < -0.39 is 61.4 Å². The lowest BCUT2D eigenvalue weighted by atomic mass is 9.91. The summed E-state index contributed by atoms with van der Waals surface area (Å²) >= 11 is 0. The van der Waals surface area contributed by atoms with E-state index in [9.17, 15) is 35.4 Å². The topological polar surface area (TPSA) is 166 Å². The molecule has 10 nitrogen and oxygen atoms in total. The molecule has 0 saturated carbocycles. The van der Waals surface area contributed by atoms with Crippen LogP contribution in [0.1, 0.15) is 21.8 Å². The van der Waals surface area contributed by atoms with E-state index in [0.717, 1.165) is 6.07 Å². The number of carbonyl (C=O) groups excluding carboxylic acids is 1. The second-order valence-electron chi connectivity index (χ2n) is 7.37. The number of hydrogen-bond acceptors (Lipinski definition) is 10. The average Bonchev–Trinajstić information content (AvgIpc) is 2.80. The molecule has 0 amide bonds. The maximum atomic E-state index is 12.9. The molecular weight excluding hydrogens is 424 g/mol. The molecule has 2 aromatic carbocycles. The van der Waals surface area contributed by atoms with Crippen molar-refractivity contribution in [1.82, 2.24) is 0 Å². The molecule has 10 heteroatoms. The first-order valence-electron chi connectivity index (χ1n) is 9.89. The Balaban J connectivity index is 1.77. The fraction of sp³-hybridized carbons (Fsp3) is 0.409. The predicted octanol–water partition coefficient (Wildman–Crippen LogP) is -0.462. The molecule has 1 saturated heterocycles. The van der Waals surface area contributed by atoms with Gasteiger partial charge in [0.25, 0.3) is 0 Å². The van der Waals surface area contributed by atoms with Gasteiger partial charge in [0.1, 0.15) is 41.7 Å². The number of aromatic hydroxyl groups is 1. The molecule has 1 unspecified atom stereocenters. The lowest BCUT2D eigenvalue weighted by Crippen LogP contribution is -2.60. The van der Waals surface area contributed by atoms with Gasteiger partial charge in [0, 0.05) is 6.07 Å². The Morgan fingerprint density at radius 2 is 1.66 bits per heavy atom. The number of phenols is 1. The minimum atomic E-state index is -1.62. The van der Waals surface area contributed by atoms with Crippen LogP contribution in [0.4, 0.5) is 0 Å². The lowest BCUT2D eigenvalue weighted by molar-refractivity contribution is -0.277. The molecule has 174 valence electrons. The van der Waals surface area contributed by atoms with Crippen molar-refractivity contribution in [2.45, 2.75) is 36.6 Å². The first kappa shape index (κ1) is 23.9. The average molecular weight is 450 g/mol. The summed E-state index contributed by atoms with van der Waals surface area (Å²) in [4.78, 5) is 12.9. The summed E-state index contributed by atoms with van der Waals surface area (Å²) in [6, 6.07) is 10.4. The van der Waals surface area contributed by atoms with Crippen molar-refractivity contribution in [3.05, 3.63) is 53.6 Å². The van der Waals surface area contributed by atoms with Crippen LogP contribution >= 0.6 is 0 Å². The molecular formula is C22H26O10. The Bertz CT molecular complexity index is 913. The Kier molecular flexibility index (Phi) is 7.67. The van der Waals surface area contributed by atoms with Crippen LogP contribution in [0, 0.1) is 0 Å². The summed E-state index contributed by atoms with van der Waals surface area (Å²) in [5.41, 5.74) is 0.486. The van der Waals surface area contributed by atoms with Crippen molar-refractivity contribution < 1.29 is 49.6 Å². The largest absolute Gasteiger partial charge is 0.507 e. The van der Waals surface area contributed by atoms with Crippen LogP contribution in [-0.4, -0.2) is 87.5 Å². The zero-order chi connectivity index (χ0) is 23.4. The Morgan fingerprint density at radius 3 is 2.22 bits per heavy atom. The molecule has 2 aromatic rings. The number of aliphatic hydroxyl groups excluding tert-OH is 5. The van der Waals surface area contributed by atoms with E-state index in [4.69, 9.17) is 14.2 Å². The van der Waals surface area contributed by atoms with Crippen LogP contribution in [0.15, 0.2) is 42.5 Å². The summed E-state index contributed by atoms with van der Waals surface area (Å²) in [5.74, 6) is -1.26. The summed E-state index contributed by atoms with van der Waals surface area (Å²) < 4.78 is 15.8. The third-order valence-electron chi connectivity index (χ3n) is 5.35. The number of methoxy groups -OCH3 is 1. The van der Waals surface area contributed by atoms with E-state index in [2.05, 4.69) is 0 Å². The molecule has 32 heavy (non-hydrogen) atoms. The van der Waals surface area contributed by atoms with Gasteiger partial charge < -0.3 is 44.8 Å². The molecule has 0 bridgehead atoms. The monoisotopic (exact) mass is 450 g/mol. The van der Waals surface area contributed by atoms with Crippen LogP contribution in [0.5, 0.6) is 17.2 Å². The number of carbonyl (C=O) groups is 1. The SMILES string of the molecule is COc1ccc(C(CO)C(=O)c2ccc(O[C@@H]3O[C@H](CO)[C@@H](O)[C@H](O)[C@H]3O)cc2O)cc1. The van der Waals surface area contributed by atoms with E-state index in [0.29, 0.717) is 11.3 Å². The summed E-state index contributed by atoms with van der Waals surface area (Å²) in [5, 5.41) is 59.1. The van der Waals surface area contributed by atoms with Gasteiger partial charge in [-0.25, -0.2) is 0 Å². The highest BCUT2D eigenvalue weighted by molar-refractivity contribution is 6.03. The number of rotatable bonds is 8. The molecule has 0 aliphatic carbocycles. The maximum absolute atomic E-state index is 12.9. The molecule has 0 radical (unpaired) electrons. The normalized spacial score (nSPS) is 26.4. The first-order valence-corrected chi connectivity index (χ1v) is 9.89. The van der Waals surface area contributed by atoms with E-state index in [1.165, 1.54) is 19.2 Å². The minimum Gasteiger partial charge on any atom is -0.507 e. The van der Waals surface area contributed by atoms with Crippen LogP contribution < -0.4 is 9.47 Å². The van der Waals surface area contributed by atoms with Crippen LogP contribution in [0.25, 0.3) is 0 Å². The van der Waals surface area contributed by atoms with Gasteiger partial charge >= 0.3 is 0 Å². The highest BCUT2D eigenvalue weighted by Crippen LogP contribution is 2.31. The molecule has 1 aliphatic rings. The van der Waals surface area contributed by atoms with Gasteiger partial charge in [-0.15, -0.1) is 0 Å². The zero-order valence-electron chi connectivity index (χ0n) is 17.2. The zero-order valence-corrected chi connectivity index (χ0v) is 17.2. The minimum absolute atomic E-state index is 0.00776. The summed E-state index contributed by atoms with van der Waals surface area (Å²) in [7, 11) is 1.51. The first-order chi connectivity index (χ1) is 15.3. The van der Waals surface area contributed by atoms with Crippen molar-refractivity contribution in [2.75, 3.05) is 20.3 Å². The third-order valence-corrected chi connectivity index (χ3v) is 5.35. The van der Waals surface area contributed by atoms with E-state index in [1.54, 1.807) is 24.3 Å². The third kappa shape index (κ3) is 4.85. The Hall–Kier alpha value is -2.73. The summed E-state index contributed by atoms with van der Waals surface area (Å²) in [6.45, 7) is -1.09. The molecule has 6 N–H and O–H groups in total. The molecule has 1 fully saturated rings. The van der Waals surface area contributed by atoms with Crippen molar-refractivity contribution in [3.63, 3.8) is 0 Å². The molecule has 6 atom stereocenters. The van der Waals surface area contributed by atoms with Gasteiger partial charge in [0.2, 0.25) is 6.29 Å². The standard InChI is InChI=1S/C22H26O10/c1-30-12-4-2-11(3-5-12)15(9-23)18(26)14-7-6-13(8-16(14)25)31-22-21(29)20(28)19(27)17(10-24)32-22/h2-8,15,17,19-25,27-29H,9-10H2,1H3/t15?,17-,19-,20+,21-,22-/m1/s1. The lowest BCUT2D eigenvalue weighted by Gasteiger charge is -2.39. The van der Waals surface area contributed by atoms with Crippen LogP contribution in [0.3, 0.4) is 0 Å². The van der Waals surface area contributed by atoms with Gasteiger partial charge in [-0.2, -0.15) is 0 Å². The molecule has 0 aromatic heterocycles. The molecule has 1 heterocycles. The van der Waals surface area contributed by atoms with Gasteiger partial charge in [-0.1, -0.05) is 12.1 Å². The number of hydrogen-bond donors (Lipinski definition) is 6. The number of ether oxygens (including phenoxy) is 3. The molecule has 3 rings (SSSR count). The Morgan fingerprint density at radius 1 is 1.00 bits per heavy atom. The van der Waals surface area contributed by atoms with Gasteiger partial charge in [0.15, 0.2) is 5.78 Å². The number of aliphatic hydroxyl groups is 5. The second kappa shape index (κ2) is 10.3. The van der Waals surface area contributed by atoms with E-state index >= 15 is 0 Å². The highest BCUT2D eigenvalue weighted by Gasteiger charge is 2.44. The smallest absolute Gasteiger partial charge is 0.229 e. The van der Waals surface area contributed by atoms with Crippen molar-refractivity contribution >= 4 is 5.78 Å². The van der Waals surface area contributed by atoms with Gasteiger partial charge in [0.05, 0.1) is 31.8 Å². The van der Waals surface area contributed by atoms with E-state index in [-0.39, 0.29) is 11.3 Å². The van der Waals surface area contributed by atoms with Crippen molar-refractivity contribution in [2.24, 2.45) is 0 Å². The predicted molar refractivity (Wildman–Crippen MR) is 110 cm³/mol. The van der Waals surface area contributed by atoms with Crippen molar-refractivity contribution in [1.29, 1.82) is 0 Å². The fourth-order valence-corrected chi connectivity index (χ4v) is 3.46. The number of Topliss-reactive ketones (excluding diaryl/α,β-unsaturated/α-hetero) is 1. The second-order valence-corrected chi connectivity index (χ2v) is 7.37. The number of ketones is 1. The molecule has 1 aliphatic heterocycles. The quantitative estimate of drug-likeness (QED) is 0.290. The summed E-state index contributed by atoms with van der Waals surface area (Å²) in [6.07, 6.45) is -7.35. The molecule has 0 spiro atoms. The van der Waals surface area contributed by atoms with Gasteiger partial charge in [-0.3, -0.25) is 4.79 Å². The fourth-order valence-electron chi connectivity index (χ4n) is 3.46. The van der Waals surface area contributed by atoms with Crippen LogP contribution in [-0.2, 0) is 4.74 Å². The number of phenolic OH excluding ortho intramolecular Hbond substituents is 1.